The van der Waals surface area contributed by atoms with Crippen LogP contribution < -0.4 is 10.5 Å². The number of methoxy groups -OCH3 is 1. The largest absolute Gasteiger partial charge is 0.494 e. The highest BCUT2D eigenvalue weighted by Crippen LogP contribution is 2.39. The molecule has 0 fully saturated rings. The van der Waals surface area contributed by atoms with Crippen LogP contribution in [0, 0.1) is 24.1 Å². The zero-order valence-electron chi connectivity index (χ0n) is 9.95. The van der Waals surface area contributed by atoms with Crippen molar-refractivity contribution in [2.45, 2.75) is 6.92 Å². The van der Waals surface area contributed by atoms with Crippen LogP contribution >= 0.6 is 11.3 Å². The van der Waals surface area contributed by atoms with Gasteiger partial charge < -0.3 is 10.5 Å². The summed E-state index contributed by atoms with van der Waals surface area (Å²) < 4.78 is 18.5. The molecule has 0 aliphatic carbocycles. The Morgan fingerprint density at radius 2 is 2.17 bits per heavy atom. The lowest BCUT2D eigenvalue weighted by molar-refractivity contribution is 0.386. The van der Waals surface area contributed by atoms with Gasteiger partial charge in [0.15, 0.2) is 11.6 Å². The Bertz CT molecular complexity index is 643. The number of nitrogen functional groups attached to an aromatic ring is 1. The Morgan fingerprint density at radius 1 is 1.44 bits per heavy atom. The Morgan fingerprint density at radius 3 is 2.67 bits per heavy atom. The molecule has 0 aliphatic rings. The van der Waals surface area contributed by atoms with Gasteiger partial charge in [-0.2, -0.15) is 5.26 Å². The molecule has 1 aromatic heterocycles. The van der Waals surface area contributed by atoms with Crippen molar-refractivity contribution in [2.24, 2.45) is 0 Å². The van der Waals surface area contributed by atoms with E-state index in [2.05, 4.69) is 0 Å². The summed E-state index contributed by atoms with van der Waals surface area (Å²) >= 11 is 1.31. The molecular weight excluding hydrogens is 251 g/mol. The second-order valence-electron chi connectivity index (χ2n) is 3.74. The van der Waals surface area contributed by atoms with Crippen molar-refractivity contribution >= 4 is 17.0 Å². The smallest absolute Gasteiger partial charge is 0.165 e. The van der Waals surface area contributed by atoms with Crippen LogP contribution in [0.4, 0.5) is 10.1 Å². The van der Waals surface area contributed by atoms with Crippen LogP contribution in [0.2, 0.25) is 0 Å². The van der Waals surface area contributed by atoms with Gasteiger partial charge in [-0.3, -0.25) is 0 Å². The molecule has 0 amide bonds. The summed E-state index contributed by atoms with van der Waals surface area (Å²) in [6, 6.07) is 6.68. The molecule has 2 rings (SSSR count). The summed E-state index contributed by atoms with van der Waals surface area (Å²) in [4.78, 5) is 1.35. The molecule has 1 aromatic carbocycles. The van der Waals surface area contributed by atoms with Gasteiger partial charge in [-0.05, 0) is 24.6 Å². The zero-order chi connectivity index (χ0) is 13.3. The maximum atomic E-state index is 13.7. The number of nitriles is 1. The van der Waals surface area contributed by atoms with E-state index >= 15 is 0 Å². The molecule has 0 saturated carbocycles. The highest BCUT2D eigenvalue weighted by atomic mass is 32.1. The van der Waals surface area contributed by atoms with Crippen LogP contribution in [0.25, 0.3) is 11.1 Å². The quantitative estimate of drug-likeness (QED) is 0.903. The third kappa shape index (κ3) is 1.91. The summed E-state index contributed by atoms with van der Waals surface area (Å²) in [6.07, 6.45) is 0. The molecule has 1 heterocycles. The average Bonchev–Trinajstić information content (AvgIpc) is 2.64. The lowest BCUT2D eigenvalue weighted by atomic mass is 10.0. The molecule has 0 unspecified atom stereocenters. The van der Waals surface area contributed by atoms with Gasteiger partial charge in [-0.15, -0.1) is 11.3 Å². The van der Waals surface area contributed by atoms with Crippen molar-refractivity contribution in [3.8, 4) is 22.9 Å². The van der Waals surface area contributed by atoms with Crippen molar-refractivity contribution < 1.29 is 9.13 Å². The fourth-order valence-electron chi connectivity index (χ4n) is 1.83. The summed E-state index contributed by atoms with van der Waals surface area (Å²) in [5.41, 5.74) is 7.68. The first-order valence-corrected chi connectivity index (χ1v) is 6.03. The van der Waals surface area contributed by atoms with Gasteiger partial charge in [0.05, 0.1) is 12.8 Å². The number of hydrogen-bond acceptors (Lipinski definition) is 4. The second-order valence-corrected chi connectivity index (χ2v) is 4.96. The minimum Gasteiger partial charge on any atom is -0.494 e. The molecule has 3 nitrogen and oxygen atoms in total. The molecule has 0 saturated heterocycles. The lowest BCUT2D eigenvalue weighted by Gasteiger charge is -2.06. The van der Waals surface area contributed by atoms with Gasteiger partial charge in [0, 0.05) is 10.4 Å². The Hall–Kier alpha value is -2.06. The number of ether oxygens (including phenoxy) is 1. The number of rotatable bonds is 2. The molecule has 92 valence electrons. The maximum Gasteiger partial charge on any atom is 0.165 e. The van der Waals surface area contributed by atoms with E-state index in [-0.39, 0.29) is 5.75 Å². The fourth-order valence-corrected chi connectivity index (χ4v) is 2.72. The third-order valence-electron chi connectivity index (χ3n) is 2.66. The monoisotopic (exact) mass is 262 g/mol. The SMILES string of the molecule is COc1ccc(-c2c(C)sc(C#N)c2N)cc1F. The number of nitrogens with two attached hydrogens (primary N) is 1. The number of aryl methyl sites for hydroxylation is 1. The highest BCUT2D eigenvalue weighted by molar-refractivity contribution is 7.13. The van der Waals surface area contributed by atoms with E-state index in [4.69, 9.17) is 15.7 Å². The fraction of sp³-hybridized carbons (Fsp3) is 0.154. The van der Waals surface area contributed by atoms with Crippen LogP contribution in [0.3, 0.4) is 0 Å². The molecule has 0 aliphatic heterocycles. The van der Waals surface area contributed by atoms with E-state index in [1.54, 1.807) is 12.1 Å². The number of hydrogen-bond donors (Lipinski definition) is 1. The summed E-state index contributed by atoms with van der Waals surface area (Å²) in [6.45, 7) is 1.86. The van der Waals surface area contributed by atoms with E-state index < -0.39 is 5.82 Å². The van der Waals surface area contributed by atoms with Gasteiger partial charge in [0.25, 0.3) is 0 Å². The summed E-state index contributed by atoms with van der Waals surface area (Å²) in [7, 11) is 1.41. The standard InChI is InChI=1S/C13H11FN2OS/c1-7-12(13(16)11(6-15)18-7)8-3-4-10(17-2)9(14)5-8/h3-5H,16H2,1-2H3. The minimum atomic E-state index is -0.446. The molecule has 0 bridgehead atoms. The van der Waals surface area contributed by atoms with Crippen molar-refractivity contribution in [3.63, 3.8) is 0 Å². The molecule has 2 aromatic rings. The third-order valence-corrected chi connectivity index (χ3v) is 3.69. The minimum absolute atomic E-state index is 0.186. The zero-order valence-corrected chi connectivity index (χ0v) is 10.8. The van der Waals surface area contributed by atoms with Gasteiger partial charge in [0.2, 0.25) is 0 Å². The van der Waals surface area contributed by atoms with Gasteiger partial charge in [-0.1, -0.05) is 6.07 Å². The first kappa shape index (κ1) is 12.4. The molecule has 2 N–H and O–H groups in total. The normalized spacial score (nSPS) is 10.1. The lowest BCUT2D eigenvalue weighted by Crippen LogP contribution is -1.92. The molecule has 0 atom stereocenters. The molecule has 18 heavy (non-hydrogen) atoms. The van der Waals surface area contributed by atoms with Crippen LogP contribution in [0.15, 0.2) is 18.2 Å². The van der Waals surface area contributed by atoms with Crippen LogP contribution in [0.5, 0.6) is 5.75 Å². The van der Waals surface area contributed by atoms with Crippen LogP contribution in [0.1, 0.15) is 9.75 Å². The van der Waals surface area contributed by atoms with Crippen LogP contribution in [-0.4, -0.2) is 7.11 Å². The first-order chi connectivity index (χ1) is 8.58. The van der Waals surface area contributed by atoms with Crippen molar-refractivity contribution in [1.29, 1.82) is 5.26 Å². The molecule has 0 radical (unpaired) electrons. The average molecular weight is 262 g/mol. The Kier molecular flexibility index (Phi) is 3.21. The van der Waals surface area contributed by atoms with Crippen molar-refractivity contribution in [2.75, 3.05) is 12.8 Å². The van der Waals surface area contributed by atoms with E-state index in [0.29, 0.717) is 16.1 Å². The summed E-state index contributed by atoms with van der Waals surface area (Å²) in [5, 5.41) is 8.93. The number of anilines is 1. The van der Waals surface area contributed by atoms with Crippen LogP contribution in [-0.2, 0) is 0 Å². The molecular formula is C13H11FN2OS. The van der Waals surface area contributed by atoms with Gasteiger partial charge in [0.1, 0.15) is 10.9 Å². The molecule has 0 spiro atoms. The Balaban J connectivity index is 2.60. The number of thiophene rings is 1. The van der Waals surface area contributed by atoms with E-state index in [1.807, 2.05) is 13.0 Å². The van der Waals surface area contributed by atoms with E-state index in [9.17, 15) is 4.39 Å². The van der Waals surface area contributed by atoms with E-state index in [0.717, 1.165) is 10.4 Å². The topological polar surface area (TPSA) is 59.0 Å². The maximum absolute atomic E-state index is 13.7. The van der Waals surface area contributed by atoms with Crippen molar-refractivity contribution in [3.05, 3.63) is 33.8 Å². The predicted octanol–water partition coefficient (Wildman–Crippen LogP) is 3.33. The van der Waals surface area contributed by atoms with Gasteiger partial charge >= 0.3 is 0 Å². The van der Waals surface area contributed by atoms with Gasteiger partial charge in [-0.25, -0.2) is 4.39 Å². The molecule has 5 heteroatoms. The Labute approximate surface area is 108 Å². The first-order valence-electron chi connectivity index (χ1n) is 5.21. The number of nitrogens with zero attached hydrogens (tertiary/aromatic N) is 1. The van der Waals surface area contributed by atoms with Crippen molar-refractivity contribution in [1.82, 2.24) is 0 Å². The summed E-state index contributed by atoms with van der Waals surface area (Å²) in [5.74, 6) is -0.260. The van der Waals surface area contributed by atoms with E-state index in [1.165, 1.54) is 24.5 Å². The second kappa shape index (κ2) is 4.67. The predicted molar refractivity (Wildman–Crippen MR) is 70.1 cm³/mol. The number of halogens is 1. The highest BCUT2D eigenvalue weighted by Gasteiger charge is 2.16. The number of benzene rings is 1.